The smallest absolute Gasteiger partial charge is 0.0361 e. The highest BCUT2D eigenvalue weighted by Gasteiger charge is 2.07. The average Bonchev–Trinajstić information content (AvgIpc) is 2.47. The van der Waals surface area contributed by atoms with Gasteiger partial charge >= 0.3 is 0 Å². The van der Waals surface area contributed by atoms with Gasteiger partial charge in [-0.25, -0.2) is 0 Å². The molecule has 2 heteroatoms. The number of rotatable bonds is 1. The number of hydrogen-bond donors (Lipinski definition) is 1. The van der Waals surface area contributed by atoms with Crippen LogP contribution in [0.15, 0.2) is 18.2 Å². The summed E-state index contributed by atoms with van der Waals surface area (Å²) in [6, 6.07) is 6.82. The summed E-state index contributed by atoms with van der Waals surface area (Å²) in [4.78, 5) is 1.27. The van der Waals surface area contributed by atoms with E-state index in [0.29, 0.717) is 0 Å². The molecule has 2 aromatic rings. The summed E-state index contributed by atoms with van der Waals surface area (Å²) >= 11 is 1.81. The van der Waals surface area contributed by atoms with Crippen molar-refractivity contribution in [3.05, 3.63) is 34.2 Å². The molecule has 2 rings (SSSR count). The van der Waals surface area contributed by atoms with Crippen LogP contribution in [-0.2, 0) is 0 Å². The number of nitrogens with two attached hydrogens (primary N) is 1. The molecule has 1 heterocycles. The third-order valence-electron chi connectivity index (χ3n) is 2.46. The van der Waals surface area contributed by atoms with Gasteiger partial charge in [0.1, 0.15) is 0 Å². The Morgan fingerprint density at radius 1 is 1.21 bits per heavy atom. The lowest BCUT2D eigenvalue weighted by Gasteiger charge is -1.97. The molecule has 0 bridgehead atoms. The monoisotopic (exact) mass is 205 g/mol. The van der Waals surface area contributed by atoms with E-state index in [9.17, 15) is 0 Å². The molecule has 74 valence electrons. The zero-order valence-corrected chi connectivity index (χ0v) is 9.61. The maximum Gasteiger partial charge on any atom is 0.0361 e. The van der Waals surface area contributed by atoms with Crippen LogP contribution >= 0.6 is 11.3 Å². The summed E-state index contributed by atoms with van der Waals surface area (Å²) in [5.41, 5.74) is 8.55. The summed E-state index contributed by atoms with van der Waals surface area (Å²) in [5.74, 6) is 0. The second-order valence-electron chi connectivity index (χ2n) is 3.93. The van der Waals surface area contributed by atoms with Crippen molar-refractivity contribution in [3.63, 3.8) is 0 Å². The molecule has 0 radical (unpaired) electrons. The molecular formula is C12H15NS. The van der Waals surface area contributed by atoms with Gasteiger partial charge < -0.3 is 5.73 Å². The van der Waals surface area contributed by atoms with Gasteiger partial charge in [0.05, 0.1) is 0 Å². The first-order valence-corrected chi connectivity index (χ1v) is 5.66. The standard InChI is InChI=1S/C12H15NS/c1-7-4-8(2)10-6-11(9(3)13)14-12(10)5-7/h4-6,9H,13H2,1-3H3. The third-order valence-corrected chi connectivity index (χ3v) is 3.74. The normalized spacial score (nSPS) is 13.4. The average molecular weight is 205 g/mol. The first kappa shape index (κ1) is 9.69. The lowest BCUT2D eigenvalue weighted by molar-refractivity contribution is 0.839. The van der Waals surface area contributed by atoms with Crippen molar-refractivity contribution in [2.24, 2.45) is 5.73 Å². The summed E-state index contributed by atoms with van der Waals surface area (Å²) in [6.45, 7) is 6.33. The van der Waals surface area contributed by atoms with E-state index in [4.69, 9.17) is 5.73 Å². The predicted octanol–water partition coefficient (Wildman–Crippen LogP) is 3.54. The molecule has 1 aromatic carbocycles. The SMILES string of the molecule is Cc1cc(C)c2cc(C(C)N)sc2c1. The molecule has 1 unspecified atom stereocenters. The number of fused-ring (bicyclic) bond motifs is 1. The molecule has 0 amide bonds. The van der Waals surface area contributed by atoms with E-state index in [1.807, 2.05) is 18.3 Å². The zero-order chi connectivity index (χ0) is 10.3. The second-order valence-corrected chi connectivity index (χ2v) is 5.05. The van der Waals surface area contributed by atoms with Crippen LogP contribution < -0.4 is 5.73 Å². The van der Waals surface area contributed by atoms with Gasteiger partial charge in [-0.3, -0.25) is 0 Å². The third kappa shape index (κ3) is 1.56. The highest BCUT2D eigenvalue weighted by atomic mass is 32.1. The van der Waals surface area contributed by atoms with Gasteiger partial charge in [-0.1, -0.05) is 6.07 Å². The molecule has 14 heavy (non-hydrogen) atoms. The van der Waals surface area contributed by atoms with Crippen LogP contribution in [0.1, 0.15) is 29.0 Å². The molecule has 0 aliphatic carbocycles. The van der Waals surface area contributed by atoms with E-state index in [-0.39, 0.29) is 6.04 Å². The predicted molar refractivity (Wildman–Crippen MR) is 63.9 cm³/mol. The Balaban J connectivity index is 2.70. The van der Waals surface area contributed by atoms with Gasteiger partial charge in [-0.05, 0) is 49.4 Å². The summed E-state index contributed by atoms with van der Waals surface area (Å²) in [5, 5.41) is 1.35. The van der Waals surface area contributed by atoms with Crippen LogP contribution in [0.3, 0.4) is 0 Å². The second kappa shape index (κ2) is 3.37. The fraction of sp³-hybridized carbons (Fsp3) is 0.333. The largest absolute Gasteiger partial charge is 0.324 e. The van der Waals surface area contributed by atoms with Gasteiger partial charge in [-0.15, -0.1) is 11.3 Å². The van der Waals surface area contributed by atoms with E-state index in [1.165, 1.54) is 26.1 Å². The molecular weight excluding hydrogens is 190 g/mol. The Morgan fingerprint density at radius 3 is 2.57 bits per heavy atom. The van der Waals surface area contributed by atoms with Gasteiger partial charge in [0.15, 0.2) is 0 Å². The lowest BCUT2D eigenvalue weighted by Crippen LogP contribution is -2.01. The summed E-state index contributed by atoms with van der Waals surface area (Å²) < 4.78 is 1.36. The van der Waals surface area contributed by atoms with Crippen molar-refractivity contribution >= 4 is 21.4 Å². The molecule has 0 saturated heterocycles. The minimum Gasteiger partial charge on any atom is -0.324 e. The van der Waals surface area contributed by atoms with Crippen LogP contribution in [-0.4, -0.2) is 0 Å². The van der Waals surface area contributed by atoms with Gasteiger partial charge in [0, 0.05) is 15.6 Å². The minimum atomic E-state index is 0.145. The Bertz CT molecular complexity index is 468. The van der Waals surface area contributed by atoms with Crippen molar-refractivity contribution in [2.75, 3.05) is 0 Å². The Morgan fingerprint density at radius 2 is 1.93 bits per heavy atom. The molecule has 0 fully saturated rings. The van der Waals surface area contributed by atoms with Crippen molar-refractivity contribution < 1.29 is 0 Å². The first-order valence-electron chi connectivity index (χ1n) is 4.84. The lowest BCUT2D eigenvalue weighted by atomic mass is 10.1. The first-order chi connectivity index (χ1) is 6.58. The fourth-order valence-electron chi connectivity index (χ4n) is 1.73. The van der Waals surface area contributed by atoms with Gasteiger partial charge in [0.2, 0.25) is 0 Å². The number of aryl methyl sites for hydroxylation is 2. The number of hydrogen-bond acceptors (Lipinski definition) is 2. The number of thiophene rings is 1. The van der Waals surface area contributed by atoms with Crippen LogP contribution in [0.5, 0.6) is 0 Å². The fourth-order valence-corrected chi connectivity index (χ4v) is 2.92. The van der Waals surface area contributed by atoms with E-state index in [1.54, 1.807) is 0 Å². The van der Waals surface area contributed by atoms with Gasteiger partial charge in [0.25, 0.3) is 0 Å². The maximum absolute atomic E-state index is 5.88. The Hall–Kier alpha value is -0.860. The van der Waals surface area contributed by atoms with E-state index in [0.717, 1.165) is 0 Å². The van der Waals surface area contributed by atoms with E-state index < -0.39 is 0 Å². The molecule has 1 aromatic heterocycles. The molecule has 1 atom stereocenters. The van der Waals surface area contributed by atoms with Crippen LogP contribution in [0, 0.1) is 13.8 Å². The quantitative estimate of drug-likeness (QED) is 0.757. The van der Waals surface area contributed by atoms with Gasteiger partial charge in [-0.2, -0.15) is 0 Å². The highest BCUT2D eigenvalue weighted by molar-refractivity contribution is 7.19. The van der Waals surface area contributed by atoms with E-state index in [2.05, 4.69) is 32.0 Å². The van der Waals surface area contributed by atoms with Crippen LogP contribution in [0.25, 0.3) is 10.1 Å². The summed E-state index contributed by atoms with van der Waals surface area (Å²) in [6.07, 6.45) is 0. The summed E-state index contributed by atoms with van der Waals surface area (Å²) in [7, 11) is 0. The Labute approximate surface area is 88.6 Å². The maximum atomic E-state index is 5.88. The highest BCUT2D eigenvalue weighted by Crippen LogP contribution is 2.31. The zero-order valence-electron chi connectivity index (χ0n) is 8.79. The topological polar surface area (TPSA) is 26.0 Å². The molecule has 0 aliphatic heterocycles. The van der Waals surface area contributed by atoms with Crippen molar-refractivity contribution in [1.82, 2.24) is 0 Å². The van der Waals surface area contributed by atoms with Crippen molar-refractivity contribution in [2.45, 2.75) is 26.8 Å². The molecule has 2 N–H and O–H groups in total. The molecule has 0 saturated carbocycles. The molecule has 1 nitrogen and oxygen atoms in total. The van der Waals surface area contributed by atoms with Crippen molar-refractivity contribution in [1.29, 1.82) is 0 Å². The minimum absolute atomic E-state index is 0.145. The van der Waals surface area contributed by atoms with Crippen LogP contribution in [0.4, 0.5) is 0 Å². The van der Waals surface area contributed by atoms with Crippen molar-refractivity contribution in [3.8, 4) is 0 Å². The van der Waals surface area contributed by atoms with E-state index >= 15 is 0 Å². The molecule has 0 spiro atoms. The van der Waals surface area contributed by atoms with Crippen LogP contribution in [0.2, 0.25) is 0 Å². The number of benzene rings is 1. The Kier molecular flexibility index (Phi) is 2.33. The molecule has 0 aliphatic rings.